The summed E-state index contributed by atoms with van der Waals surface area (Å²) in [6, 6.07) is 28.6. The van der Waals surface area contributed by atoms with E-state index in [2.05, 4.69) is 39.5 Å². The molecule has 3 aliphatic rings. The maximum atomic E-state index is 14.0. The van der Waals surface area contributed by atoms with Crippen molar-refractivity contribution < 1.29 is 9.59 Å². The van der Waals surface area contributed by atoms with E-state index in [0.717, 1.165) is 67.2 Å². The lowest BCUT2D eigenvalue weighted by atomic mass is 9.99. The van der Waals surface area contributed by atoms with E-state index in [9.17, 15) is 9.59 Å². The molecule has 6 heteroatoms. The Hall–Kier alpha value is -4.16. The van der Waals surface area contributed by atoms with Crippen LogP contribution in [-0.4, -0.2) is 58.4 Å². The first-order chi connectivity index (χ1) is 20.6. The molecular formula is C36H38N4O2. The number of fused-ring (bicyclic) bond motifs is 2. The first-order valence-electron chi connectivity index (χ1n) is 15.3. The van der Waals surface area contributed by atoms with E-state index >= 15 is 0 Å². The Morgan fingerprint density at radius 3 is 2.33 bits per heavy atom. The summed E-state index contributed by atoms with van der Waals surface area (Å²) in [6.07, 6.45) is 4.66. The fraction of sp³-hybridized carbons (Fsp3) is 0.333. The van der Waals surface area contributed by atoms with Gasteiger partial charge in [-0.25, -0.2) is 0 Å². The molecule has 1 atom stereocenters. The smallest absolute Gasteiger partial charge is 0.270 e. The van der Waals surface area contributed by atoms with Crippen molar-refractivity contribution in [3.05, 3.63) is 113 Å². The highest BCUT2D eigenvalue weighted by atomic mass is 16.2. The van der Waals surface area contributed by atoms with Gasteiger partial charge in [0.15, 0.2) is 0 Å². The second kappa shape index (κ2) is 11.3. The van der Waals surface area contributed by atoms with E-state index in [1.807, 2.05) is 71.6 Å². The number of carbonyl (C=O) groups excluding carboxylic acids is 2. The van der Waals surface area contributed by atoms with Crippen LogP contribution in [-0.2, 0) is 13.1 Å². The maximum Gasteiger partial charge on any atom is 0.270 e. The first-order valence-corrected chi connectivity index (χ1v) is 15.3. The van der Waals surface area contributed by atoms with Crippen molar-refractivity contribution >= 4 is 17.5 Å². The van der Waals surface area contributed by atoms with Gasteiger partial charge in [0.2, 0.25) is 0 Å². The number of anilines is 1. The highest BCUT2D eigenvalue weighted by molar-refractivity contribution is 6.07. The van der Waals surface area contributed by atoms with Gasteiger partial charge in [0.05, 0.1) is 13.1 Å². The van der Waals surface area contributed by atoms with Crippen molar-refractivity contribution in [3.63, 3.8) is 0 Å². The predicted octanol–water partition coefficient (Wildman–Crippen LogP) is 6.37. The third-order valence-corrected chi connectivity index (χ3v) is 9.36. The number of nitrogens with zero attached hydrogens (tertiary/aromatic N) is 4. The van der Waals surface area contributed by atoms with Crippen LogP contribution in [0, 0.1) is 6.92 Å². The van der Waals surface area contributed by atoms with Gasteiger partial charge in [0, 0.05) is 36.1 Å². The molecule has 6 nitrogen and oxygen atoms in total. The molecule has 0 N–H and O–H groups in total. The van der Waals surface area contributed by atoms with Crippen LogP contribution in [0.5, 0.6) is 0 Å². The summed E-state index contributed by atoms with van der Waals surface area (Å²) >= 11 is 0. The number of para-hydroxylation sites is 1. The quantitative estimate of drug-likeness (QED) is 0.286. The molecule has 4 aromatic rings. The summed E-state index contributed by atoms with van der Waals surface area (Å²) < 4.78 is 2.14. The molecule has 4 heterocycles. The molecular weight excluding hydrogens is 520 g/mol. The Labute approximate surface area is 248 Å². The first kappa shape index (κ1) is 26.7. The summed E-state index contributed by atoms with van der Waals surface area (Å²) in [7, 11) is 0. The Bertz CT molecular complexity index is 1620. The van der Waals surface area contributed by atoms with Crippen LogP contribution in [0.2, 0.25) is 0 Å². The molecule has 0 spiro atoms. The number of hydrogen-bond donors (Lipinski definition) is 0. The lowest BCUT2D eigenvalue weighted by molar-refractivity contribution is 0.0698. The average molecular weight is 559 g/mol. The van der Waals surface area contributed by atoms with E-state index in [1.54, 1.807) is 0 Å². The van der Waals surface area contributed by atoms with Crippen molar-refractivity contribution in [1.29, 1.82) is 0 Å². The number of benzene rings is 3. The molecule has 3 aliphatic heterocycles. The van der Waals surface area contributed by atoms with E-state index in [-0.39, 0.29) is 17.9 Å². The van der Waals surface area contributed by atoms with Crippen LogP contribution in [0.15, 0.2) is 84.9 Å². The fourth-order valence-electron chi connectivity index (χ4n) is 7.08. The minimum atomic E-state index is -0.0356. The van der Waals surface area contributed by atoms with Crippen LogP contribution in [0.25, 0.3) is 11.1 Å². The predicted molar refractivity (Wildman–Crippen MR) is 167 cm³/mol. The summed E-state index contributed by atoms with van der Waals surface area (Å²) in [6.45, 7) is 7.18. The zero-order chi connectivity index (χ0) is 28.6. The van der Waals surface area contributed by atoms with Gasteiger partial charge in [0.1, 0.15) is 5.69 Å². The normalized spacial score (nSPS) is 18.5. The van der Waals surface area contributed by atoms with Crippen molar-refractivity contribution in [2.24, 2.45) is 0 Å². The van der Waals surface area contributed by atoms with Crippen molar-refractivity contribution in [2.45, 2.75) is 51.7 Å². The molecule has 7 rings (SSSR count). The maximum absolute atomic E-state index is 14.0. The summed E-state index contributed by atoms with van der Waals surface area (Å²) in [5.41, 5.74) is 7.79. The molecule has 2 fully saturated rings. The zero-order valence-corrected chi connectivity index (χ0v) is 24.3. The molecule has 0 unspecified atom stereocenters. The number of aromatic nitrogens is 1. The van der Waals surface area contributed by atoms with Gasteiger partial charge in [-0.2, -0.15) is 0 Å². The van der Waals surface area contributed by atoms with Gasteiger partial charge in [-0.05, 0) is 98.3 Å². The molecule has 0 bridgehead atoms. The molecule has 0 aliphatic carbocycles. The van der Waals surface area contributed by atoms with E-state index in [4.69, 9.17) is 0 Å². The third-order valence-electron chi connectivity index (χ3n) is 9.36. The van der Waals surface area contributed by atoms with E-state index < -0.39 is 0 Å². The third kappa shape index (κ3) is 4.94. The van der Waals surface area contributed by atoms with Crippen molar-refractivity contribution in [3.8, 4) is 11.1 Å². The van der Waals surface area contributed by atoms with Gasteiger partial charge in [-0.3, -0.25) is 9.59 Å². The fourth-order valence-corrected chi connectivity index (χ4v) is 7.08. The lowest BCUT2D eigenvalue weighted by Gasteiger charge is -2.29. The Morgan fingerprint density at radius 2 is 1.52 bits per heavy atom. The van der Waals surface area contributed by atoms with Crippen molar-refractivity contribution in [2.75, 3.05) is 31.1 Å². The van der Waals surface area contributed by atoms with E-state index in [0.29, 0.717) is 18.7 Å². The molecule has 1 aromatic heterocycles. The van der Waals surface area contributed by atoms with Gasteiger partial charge < -0.3 is 19.3 Å². The second-order valence-electron chi connectivity index (χ2n) is 12.0. The second-order valence-corrected chi connectivity index (χ2v) is 12.0. The zero-order valence-electron chi connectivity index (χ0n) is 24.3. The van der Waals surface area contributed by atoms with Crippen LogP contribution in [0.4, 0.5) is 5.69 Å². The molecule has 2 amide bonds. The number of likely N-dealkylation sites (tertiary alicyclic amines) is 2. The molecule has 0 radical (unpaired) electrons. The highest BCUT2D eigenvalue weighted by Gasteiger charge is 2.34. The number of rotatable bonds is 5. The number of amides is 2. The summed E-state index contributed by atoms with van der Waals surface area (Å²) in [4.78, 5) is 34.5. The minimum absolute atomic E-state index is 0.0356. The van der Waals surface area contributed by atoms with E-state index in [1.165, 1.54) is 24.0 Å². The standard InChI is InChI=1S/C36H38N4O2/c1-26-9-2-4-12-32(26)27-14-16-28(17-15-27)35(41)40-25-31-18-19-34(39(31)23-29-10-3-5-13-33(29)40)36(42)38-22-8-11-30(38)24-37-20-6-7-21-37/h2-5,9-10,12-19,30H,6-8,11,20-25H2,1H3/t30-/m0/s1. The monoisotopic (exact) mass is 558 g/mol. The lowest BCUT2D eigenvalue weighted by Crippen LogP contribution is -2.43. The van der Waals surface area contributed by atoms with Gasteiger partial charge in [0.25, 0.3) is 11.8 Å². The summed E-state index contributed by atoms with van der Waals surface area (Å²) in [5, 5.41) is 0. The number of aryl methyl sites for hydroxylation is 1. The minimum Gasteiger partial charge on any atom is -0.334 e. The SMILES string of the molecule is Cc1ccccc1-c1ccc(C(=O)N2Cc3ccc(C(=O)N4CCC[C@H]4CN4CCCC4)n3Cc3ccccc32)cc1. The van der Waals surface area contributed by atoms with Crippen LogP contribution >= 0.6 is 0 Å². The summed E-state index contributed by atoms with van der Waals surface area (Å²) in [5.74, 6) is 0.0820. The van der Waals surface area contributed by atoms with Gasteiger partial charge >= 0.3 is 0 Å². The number of hydrogen-bond acceptors (Lipinski definition) is 3. The molecule has 42 heavy (non-hydrogen) atoms. The molecule has 214 valence electrons. The highest BCUT2D eigenvalue weighted by Crippen LogP contribution is 2.32. The van der Waals surface area contributed by atoms with Crippen LogP contribution in [0.1, 0.15) is 63.4 Å². The largest absolute Gasteiger partial charge is 0.334 e. The number of carbonyl (C=O) groups is 2. The molecule has 2 saturated heterocycles. The Balaban J connectivity index is 1.17. The topological polar surface area (TPSA) is 48.8 Å². The Morgan fingerprint density at radius 1 is 0.762 bits per heavy atom. The molecule has 0 saturated carbocycles. The van der Waals surface area contributed by atoms with Gasteiger partial charge in [-0.15, -0.1) is 0 Å². The van der Waals surface area contributed by atoms with Gasteiger partial charge in [-0.1, -0.05) is 54.6 Å². The molecule has 3 aromatic carbocycles. The Kier molecular flexibility index (Phi) is 7.16. The van der Waals surface area contributed by atoms with Crippen LogP contribution < -0.4 is 4.90 Å². The van der Waals surface area contributed by atoms with Crippen molar-refractivity contribution in [1.82, 2.24) is 14.4 Å². The van der Waals surface area contributed by atoms with Crippen LogP contribution in [0.3, 0.4) is 0 Å². The average Bonchev–Trinajstić information content (AvgIpc) is 3.77.